The van der Waals surface area contributed by atoms with Gasteiger partial charge in [-0.1, -0.05) is 23.2 Å². The zero-order valence-electron chi connectivity index (χ0n) is 11.2. The normalized spacial score (nSPS) is 11.5. The number of halogens is 5. The third-order valence-corrected chi connectivity index (χ3v) is 3.28. The van der Waals surface area contributed by atoms with Gasteiger partial charge in [-0.05, 0) is 6.07 Å². The first-order valence-electron chi connectivity index (χ1n) is 6.15. The summed E-state index contributed by atoms with van der Waals surface area (Å²) in [4.78, 5) is 29.0. The number of aromatic nitrogens is 3. The van der Waals surface area contributed by atoms with Gasteiger partial charge in [-0.3, -0.25) is 14.3 Å². The van der Waals surface area contributed by atoms with Crippen molar-refractivity contribution in [2.45, 2.75) is 12.7 Å². The van der Waals surface area contributed by atoms with Gasteiger partial charge in [-0.2, -0.15) is 13.2 Å². The third-order valence-electron chi connectivity index (χ3n) is 2.78. The third kappa shape index (κ3) is 4.26. The molecule has 0 spiro atoms. The monoisotopic (exact) mass is 368 g/mol. The molecule has 23 heavy (non-hydrogen) atoms. The minimum absolute atomic E-state index is 0.0121. The highest BCUT2D eigenvalue weighted by atomic mass is 35.5. The van der Waals surface area contributed by atoms with Crippen LogP contribution in [-0.4, -0.2) is 21.1 Å². The lowest BCUT2D eigenvalue weighted by Crippen LogP contribution is -2.36. The predicted octanol–water partition coefficient (Wildman–Crippen LogP) is 2.37. The highest BCUT2D eigenvalue weighted by molar-refractivity contribution is 6.33. The molecule has 0 atom stereocenters. The molecule has 2 heterocycles. The van der Waals surface area contributed by atoms with Crippen molar-refractivity contribution in [3.8, 4) is 0 Å². The molecule has 0 aliphatic rings. The molecule has 124 valence electrons. The molecule has 0 aromatic carbocycles. The van der Waals surface area contributed by atoms with E-state index >= 15 is 0 Å². The van der Waals surface area contributed by atoms with Crippen molar-refractivity contribution in [2.24, 2.45) is 0 Å². The number of alkyl halides is 3. The second-order valence-corrected chi connectivity index (χ2v) is 5.21. The van der Waals surface area contributed by atoms with Gasteiger partial charge in [0.05, 0.1) is 10.6 Å². The molecular formula is C12H9Cl2F3N4O2. The second-order valence-electron chi connectivity index (χ2n) is 4.39. The number of anilines is 1. The summed E-state index contributed by atoms with van der Waals surface area (Å²) in [5, 5.41) is 2.34. The Morgan fingerprint density at radius 1 is 1.26 bits per heavy atom. The van der Waals surface area contributed by atoms with Gasteiger partial charge >= 0.3 is 11.9 Å². The summed E-state index contributed by atoms with van der Waals surface area (Å²) in [6.45, 7) is -0.00687. The van der Waals surface area contributed by atoms with E-state index in [0.717, 1.165) is 16.7 Å². The molecule has 2 rings (SSSR count). The standard InChI is InChI=1S/C12H9Cl2F3N4O2/c13-7-3-6(12(15,16)17)5-19-10(7)18-1-2-21-9(22)4-8(14)20-11(21)23/h3-5H,1-2H2,(H,18,19)(H,20,23). The van der Waals surface area contributed by atoms with Gasteiger partial charge in [0.1, 0.15) is 11.0 Å². The van der Waals surface area contributed by atoms with Crippen LogP contribution in [0, 0.1) is 0 Å². The van der Waals surface area contributed by atoms with Crippen LogP contribution in [0.5, 0.6) is 0 Å². The van der Waals surface area contributed by atoms with E-state index in [0.29, 0.717) is 6.20 Å². The lowest BCUT2D eigenvalue weighted by atomic mass is 10.3. The quantitative estimate of drug-likeness (QED) is 0.812. The van der Waals surface area contributed by atoms with Crippen LogP contribution in [0.2, 0.25) is 10.2 Å². The SMILES string of the molecule is O=c1cc(Cl)[nH]c(=O)n1CCNc1ncc(C(F)(F)F)cc1Cl. The van der Waals surface area contributed by atoms with Crippen molar-refractivity contribution in [3.05, 3.63) is 54.9 Å². The minimum Gasteiger partial charge on any atom is -0.367 e. The van der Waals surface area contributed by atoms with E-state index in [1.807, 2.05) is 0 Å². The number of aromatic amines is 1. The smallest absolute Gasteiger partial charge is 0.367 e. The van der Waals surface area contributed by atoms with Gasteiger partial charge in [0.15, 0.2) is 0 Å². The number of pyridine rings is 1. The molecule has 0 unspecified atom stereocenters. The van der Waals surface area contributed by atoms with Crippen molar-refractivity contribution in [3.63, 3.8) is 0 Å². The Morgan fingerprint density at radius 3 is 2.52 bits per heavy atom. The Balaban J connectivity index is 2.08. The lowest BCUT2D eigenvalue weighted by molar-refractivity contribution is -0.137. The molecule has 2 aromatic heterocycles. The molecule has 0 bridgehead atoms. The van der Waals surface area contributed by atoms with E-state index in [9.17, 15) is 22.8 Å². The Bertz CT molecular complexity index is 801. The maximum atomic E-state index is 12.5. The van der Waals surface area contributed by atoms with Crippen LogP contribution < -0.4 is 16.6 Å². The van der Waals surface area contributed by atoms with Crippen LogP contribution in [0.4, 0.5) is 19.0 Å². The molecule has 6 nitrogen and oxygen atoms in total. The topological polar surface area (TPSA) is 79.8 Å². The average molecular weight is 369 g/mol. The molecular weight excluding hydrogens is 360 g/mol. The first kappa shape index (κ1) is 17.4. The van der Waals surface area contributed by atoms with E-state index in [-0.39, 0.29) is 29.1 Å². The first-order valence-corrected chi connectivity index (χ1v) is 6.90. The molecule has 2 N–H and O–H groups in total. The van der Waals surface area contributed by atoms with Crippen molar-refractivity contribution < 1.29 is 13.2 Å². The van der Waals surface area contributed by atoms with Gasteiger partial charge in [-0.15, -0.1) is 0 Å². The van der Waals surface area contributed by atoms with Crippen molar-refractivity contribution in [1.29, 1.82) is 0 Å². The number of rotatable bonds is 4. The number of nitrogens with one attached hydrogen (secondary N) is 2. The fourth-order valence-electron chi connectivity index (χ4n) is 1.71. The summed E-state index contributed by atoms with van der Waals surface area (Å²) >= 11 is 11.2. The van der Waals surface area contributed by atoms with E-state index in [1.54, 1.807) is 0 Å². The zero-order chi connectivity index (χ0) is 17.2. The van der Waals surface area contributed by atoms with Gasteiger partial charge in [-0.25, -0.2) is 9.78 Å². The molecule has 11 heteroatoms. The average Bonchev–Trinajstić information content (AvgIpc) is 2.42. The predicted molar refractivity (Wildman–Crippen MR) is 79.1 cm³/mol. The minimum atomic E-state index is -4.54. The summed E-state index contributed by atoms with van der Waals surface area (Å²) < 4.78 is 38.3. The fraction of sp³-hybridized carbons (Fsp3) is 0.250. The van der Waals surface area contributed by atoms with Crippen LogP contribution in [0.25, 0.3) is 0 Å². The molecule has 0 aliphatic carbocycles. The van der Waals surface area contributed by atoms with Crippen LogP contribution in [0.3, 0.4) is 0 Å². The van der Waals surface area contributed by atoms with Crippen LogP contribution in [0.15, 0.2) is 27.9 Å². The molecule has 0 fully saturated rings. The van der Waals surface area contributed by atoms with E-state index in [2.05, 4.69) is 15.3 Å². The van der Waals surface area contributed by atoms with Crippen molar-refractivity contribution in [1.82, 2.24) is 14.5 Å². The number of nitrogens with zero attached hydrogens (tertiary/aromatic N) is 2. The van der Waals surface area contributed by atoms with Gasteiger partial charge < -0.3 is 5.32 Å². The zero-order valence-corrected chi connectivity index (χ0v) is 12.8. The Hall–Kier alpha value is -2.00. The number of hydrogen-bond donors (Lipinski definition) is 2. The highest BCUT2D eigenvalue weighted by Gasteiger charge is 2.31. The molecule has 0 radical (unpaired) electrons. The van der Waals surface area contributed by atoms with Crippen molar-refractivity contribution in [2.75, 3.05) is 11.9 Å². The molecule has 0 saturated heterocycles. The van der Waals surface area contributed by atoms with Gasteiger partial charge in [0.2, 0.25) is 0 Å². The van der Waals surface area contributed by atoms with Crippen molar-refractivity contribution >= 4 is 29.0 Å². The molecule has 2 aromatic rings. The van der Waals surface area contributed by atoms with E-state index in [4.69, 9.17) is 23.2 Å². The summed E-state index contributed by atoms with van der Waals surface area (Å²) in [6, 6.07) is 1.77. The summed E-state index contributed by atoms with van der Waals surface area (Å²) in [5.41, 5.74) is -2.28. The molecule has 0 saturated carbocycles. The highest BCUT2D eigenvalue weighted by Crippen LogP contribution is 2.32. The molecule has 0 amide bonds. The first-order chi connectivity index (χ1) is 10.7. The fourth-order valence-corrected chi connectivity index (χ4v) is 2.12. The summed E-state index contributed by atoms with van der Waals surface area (Å²) in [7, 11) is 0. The summed E-state index contributed by atoms with van der Waals surface area (Å²) in [5.74, 6) is 0.0121. The van der Waals surface area contributed by atoms with E-state index in [1.165, 1.54) is 0 Å². The molecule has 0 aliphatic heterocycles. The lowest BCUT2D eigenvalue weighted by Gasteiger charge is -2.11. The van der Waals surface area contributed by atoms with Crippen LogP contribution >= 0.6 is 23.2 Å². The van der Waals surface area contributed by atoms with E-state index < -0.39 is 23.0 Å². The van der Waals surface area contributed by atoms with Gasteiger partial charge in [0.25, 0.3) is 5.56 Å². The second kappa shape index (κ2) is 6.63. The van der Waals surface area contributed by atoms with Crippen LogP contribution in [0.1, 0.15) is 5.56 Å². The van der Waals surface area contributed by atoms with Gasteiger partial charge in [0, 0.05) is 25.4 Å². The Labute approximate surface area is 136 Å². The summed E-state index contributed by atoms with van der Waals surface area (Å²) in [6.07, 6.45) is -3.91. The Morgan fingerprint density at radius 2 is 1.96 bits per heavy atom. The number of hydrogen-bond acceptors (Lipinski definition) is 4. The Kier molecular flexibility index (Phi) is 5.00. The maximum absolute atomic E-state index is 12.5. The maximum Gasteiger partial charge on any atom is 0.417 e. The largest absolute Gasteiger partial charge is 0.417 e. The van der Waals surface area contributed by atoms with Crippen LogP contribution in [-0.2, 0) is 12.7 Å². The number of H-pyrrole nitrogens is 1.